The van der Waals surface area contributed by atoms with Gasteiger partial charge in [0.2, 0.25) is 0 Å². The number of nitrogens with zero attached hydrogens (tertiary/aromatic N) is 4. The highest BCUT2D eigenvalue weighted by molar-refractivity contribution is 5.99. The molecule has 0 saturated carbocycles. The van der Waals surface area contributed by atoms with Gasteiger partial charge in [-0.25, -0.2) is 14.8 Å². The Morgan fingerprint density at radius 2 is 1.76 bits per heavy atom. The number of amides is 2. The van der Waals surface area contributed by atoms with E-state index in [0.29, 0.717) is 44.0 Å². The molecule has 7 heteroatoms. The van der Waals surface area contributed by atoms with Crippen molar-refractivity contribution < 1.29 is 14.3 Å². The molecule has 1 aliphatic rings. The maximum Gasteiger partial charge on any atom is 0.409 e. The summed E-state index contributed by atoms with van der Waals surface area (Å²) in [4.78, 5) is 36.3. The molecule has 1 fully saturated rings. The minimum Gasteiger partial charge on any atom is -0.450 e. The quantitative estimate of drug-likeness (QED) is 0.855. The van der Waals surface area contributed by atoms with E-state index in [0.717, 1.165) is 5.56 Å². The molecule has 0 radical (unpaired) electrons. The van der Waals surface area contributed by atoms with Gasteiger partial charge in [-0.1, -0.05) is 30.3 Å². The second-order valence-corrected chi connectivity index (χ2v) is 5.63. The monoisotopic (exact) mass is 340 g/mol. The van der Waals surface area contributed by atoms with Gasteiger partial charge in [-0.3, -0.25) is 4.79 Å². The summed E-state index contributed by atoms with van der Waals surface area (Å²) in [5.41, 5.74) is 1.96. The molecule has 1 aliphatic heterocycles. The minimum absolute atomic E-state index is 0.122. The third-order valence-electron chi connectivity index (χ3n) is 4.08. The first-order valence-corrected chi connectivity index (χ1v) is 8.27. The highest BCUT2D eigenvalue weighted by Gasteiger charge is 2.27. The normalized spacial score (nSPS) is 14.3. The molecule has 2 heterocycles. The van der Waals surface area contributed by atoms with Crippen molar-refractivity contribution in [2.24, 2.45) is 0 Å². The second kappa shape index (κ2) is 7.74. The number of carbonyl (C=O) groups excluding carboxylic acids is 2. The van der Waals surface area contributed by atoms with Crippen molar-refractivity contribution in [1.29, 1.82) is 0 Å². The van der Waals surface area contributed by atoms with Crippen molar-refractivity contribution in [3.8, 4) is 11.3 Å². The van der Waals surface area contributed by atoms with Gasteiger partial charge in [0.1, 0.15) is 6.33 Å². The van der Waals surface area contributed by atoms with E-state index in [1.54, 1.807) is 22.9 Å². The zero-order valence-corrected chi connectivity index (χ0v) is 14.1. The summed E-state index contributed by atoms with van der Waals surface area (Å²) in [6.07, 6.45) is 2.66. The number of carbonyl (C=O) groups is 2. The largest absolute Gasteiger partial charge is 0.450 e. The molecule has 0 N–H and O–H groups in total. The van der Waals surface area contributed by atoms with E-state index < -0.39 is 0 Å². The molecule has 0 aliphatic carbocycles. The van der Waals surface area contributed by atoms with Crippen molar-refractivity contribution >= 4 is 12.0 Å². The molecule has 0 atom stereocenters. The van der Waals surface area contributed by atoms with E-state index >= 15 is 0 Å². The summed E-state index contributed by atoms with van der Waals surface area (Å²) in [6, 6.07) is 9.56. The lowest BCUT2D eigenvalue weighted by atomic mass is 10.1. The summed E-state index contributed by atoms with van der Waals surface area (Å²) in [5, 5.41) is 0. The van der Waals surface area contributed by atoms with Crippen molar-refractivity contribution in [3.05, 3.63) is 48.4 Å². The Hall–Kier alpha value is -2.96. The number of rotatable bonds is 3. The van der Waals surface area contributed by atoms with Gasteiger partial charge < -0.3 is 14.5 Å². The van der Waals surface area contributed by atoms with E-state index in [1.165, 1.54) is 6.33 Å². The van der Waals surface area contributed by atoms with Crippen LogP contribution < -0.4 is 0 Å². The Morgan fingerprint density at radius 3 is 2.44 bits per heavy atom. The Balaban J connectivity index is 1.74. The zero-order chi connectivity index (χ0) is 17.6. The van der Waals surface area contributed by atoms with Crippen LogP contribution in [0.2, 0.25) is 0 Å². The van der Waals surface area contributed by atoms with Crippen LogP contribution in [0.4, 0.5) is 4.79 Å². The van der Waals surface area contributed by atoms with Gasteiger partial charge in [-0.15, -0.1) is 0 Å². The van der Waals surface area contributed by atoms with Gasteiger partial charge in [0.25, 0.3) is 5.91 Å². The molecule has 0 bridgehead atoms. The van der Waals surface area contributed by atoms with E-state index in [-0.39, 0.29) is 12.0 Å². The Bertz CT molecular complexity index is 743. The van der Waals surface area contributed by atoms with Gasteiger partial charge in [0.05, 0.1) is 17.9 Å². The molecule has 3 rings (SSSR count). The lowest BCUT2D eigenvalue weighted by Crippen LogP contribution is -2.50. The lowest BCUT2D eigenvalue weighted by molar-refractivity contribution is 0.0570. The molecule has 0 unspecified atom stereocenters. The Kier molecular flexibility index (Phi) is 5.23. The molecular weight excluding hydrogens is 320 g/mol. The minimum atomic E-state index is -0.331. The number of aromatic nitrogens is 2. The number of benzene rings is 1. The number of piperazine rings is 1. The molecule has 7 nitrogen and oxygen atoms in total. The fourth-order valence-electron chi connectivity index (χ4n) is 2.79. The maximum absolute atomic E-state index is 12.9. The van der Waals surface area contributed by atoms with Crippen LogP contribution in [-0.2, 0) is 4.74 Å². The summed E-state index contributed by atoms with van der Waals surface area (Å²) >= 11 is 0. The van der Waals surface area contributed by atoms with Crippen LogP contribution in [0.15, 0.2) is 42.9 Å². The van der Waals surface area contributed by atoms with Crippen molar-refractivity contribution in [2.45, 2.75) is 6.92 Å². The first kappa shape index (κ1) is 16.9. The van der Waals surface area contributed by atoms with Gasteiger partial charge in [-0.2, -0.15) is 0 Å². The van der Waals surface area contributed by atoms with Crippen LogP contribution in [0.5, 0.6) is 0 Å². The predicted molar refractivity (Wildman–Crippen MR) is 92.0 cm³/mol. The lowest BCUT2D eigenvalue weighted by Gasteiger charge is -2.34. The van der Waals surface area contributed by atoms with Crippen LogP contribution in [0.3, 0.4) is 0 Å². The first-order chi connectivity index (χ1) is 12.2. The van der Waals surface area contributed by atoms with Gasteiger partial charge >= 0.3 is 6.09 Å². The average Bonchev–Trinajstić information content (AvgIpc) is 2.68. The number of hydrogen-bond acceptors (Lipinski definition) is 5. The zero-order valence-electron chi connectivity index (χ0n) is 14.1. The molecule has 2 aromatic rings. The van der Waals surface area contributed by atoms with Crippen LogP contribution in [-0.4, -0.2) is 64.6 Å². The summed E-state index contributed by atoms with van der Waals surface area (Å²) in [5.74, 6) is -0.122. The fourth-order valence-corrected chi connectivity index (χ4v) is 2.79. The Labute approximate surface area is 146 Å². The summed E-state index contributed by atoms with van der Waals surface area (Å²) in [6.45, 7) is 3.96. The van der Waals surface area contributed by atoms with Gasteiger partial charge in [0, 0.05) is 37.9 Å². The Morgan fingerprint density at radius 1 is 1.08 bits per heavy atom. The van der Waals surface area contributed by atoms with Gasteiger partial charge in [-0.05, 0) is 6.92 Å². The first-order valence-electron chi connectivity index (χ1n) is 8.27. The van der Waals surface area contributed by atoms with E-state index in [2.05, 4.69) is 9.97 Å². The highest BCUT2D eigenvalue weighted by atomic mass is 16.6. The van der Waals surface area contributed by atoms with Crippen molar-refractivity contribution in [1.82, 2.24) is 19.8 Å². The third-order valence-corrected chi connectivity index (χ3v) is 4.08. The van der Waals surface area contributed by atoms with Gasteiger partial charge in [0.15, 0.2) is 0 Å². The molecule has 0 spiro atoms. The fraction of sp³-hybridized carbons (Fsp3) is 0.333. The van der Waals surface area contributed by atoms with E-state index in [9.17, 15) is 9.59 Å². The predicted octanol–water partition coefficient (Wildman–Crippen LogP) is 2.06. The van der Waals surface area contributed by atoms with Crippen LogP contribution in [0.25, 0.3) is 11.3 Å². The molecule has 1 aromatic carbocycles. The smallest absolute Gasteiger partial charge is 0.409 e. The SMILES string of the molecule is CCOC(=O)N1CCN(C(=O)c2cncnc2-c2ccccc2)CC1. The van der Waals surface area contributed by atoms with E-state index in [1.807, 2.05) is 30.3 Å². The van der Waals surface area contributed by atoms with Crippen LogP contribution >= 0.6 is 0 Å². The standard InChI is InChI=1S/C18H20N4O3/c1-2-25-18(24)22-10-8-21(9-11-22)17(23)15-12-19-13-20-16(15)14-6-4-3-5-7-14/h3-7,12-13H,2,8-11H2,1H3. The van der Waals surface area contributed by atoms with Crippen molar-refractivity contribution in [3.63, 3.8) is 0 Å². The summed E-state index contributed by atoms with van der Waals surface area (Å²) < 4.78 is 5.00. The number of ether oxygens (including phenoxy) is 1. The number of hydrogen-bond donors (Lipinski definition) is 0. The van der Waals surface area contributed by atoms with E-state index in [4.69, 9.17) is 4.74 Å². The van der Waals surface area contributed by atoms with Crippen LogP contribution in [0, 0.1) is 0 Å². The molecular formula is C18H20N4O3. The third kappa shape index (κ3) is 3.76. The second-order valence-electron chi connectivity index (χ2n) is 5.63. The molecule has 2 amide bonds. The molecule has 1 aromatic heterocycles. The molecule has 1 saturated heterocycles. The van der Waals surface area contributed by atoms with Crippen LogP contribution in [0.1, 0.15) is 17.3 Å². The molecule has 130 valence electrons. The topological polar surface area (TPSA) is 75.6 Å². The maximum atomic E-state index is 12.9. The summed E-state index contributed by atoms with van der Waals surface area (Å²) in [7, 11) is 0. The van der Waals surface area contributed by atoms with Crippen molar-refractivity contribution in [2.75, 3.05) is 32.8 Å². The molecule has 25 heavy (non-hydrogen) atoms. The average molecular weight is 340 g/mol. The highest BCUT2D eigenvalue weighted by Crippen LogP contribution is 2.22.